The Hall–Kier alpha value is -1.76. The van der Waals surface area contributed by atoms with Crippen LogP contribution in [0.5, 0.6) is 5.75 Å². The number of halogens is 1. The van der Waals surface area contributed by atoms with Gasteiger partial charge in [0.05, 0.1) is 11.4 Å². The fourth-order valence-electron chi connectivity index (χ4n) is 3.19. The summed E-state index contributed by atoms with van der Waals surface area (Å²) in [6, 6.07) is 13.1. The third-order valence-electron chi connectivity index (χ3n) is 4.24. The maximum atomic E-state index is 13.3. The van der Waals surface area contributed by atoms with E-state index >= 15 is 0 Å². The first-order valence-corrected chi connectivity index (χ1v) is 9.96. The molecule has 0 saturated heterocycles. The molecule has 2 aromatic rings. The van der Waals surface area contributed by atoms with Gasteiger partial charge in [0.1, 0.15) is 5.75 Å². The van der Waals surface area contributed by atoms with Gasteiger partial charge in [-0.05, 0) is 69.3 Å². The molecule has 0 fully saturated rings. The molecule has 1 aliphatic heterocycles. The van der Waals surface area contributed by atoms with Gasteiger partial charge in [-0.3, -0.25) is 0 Å². The maximum absolute atomic E-state index is 13.3. The predicted octanol–water partition coefficient (Wildman–Crippen LogP) is 3.91. The normalized spacial score (nSPS) is 17.8. The van der Waals surface area contributed by atoms with E-state index in [0.29, 0.717) is 23.5 Å². The largest absolute Gasteiger partial charge is 0.470 e. The van der Waals surface area contributed by atoms with Crippen LogP contribution in [0.3, 0.4) is 0 Å². The molecule has 1 N–H and O–H groups in total. The molecule has 26 heavy (non-hydrogen) atoms. The third kappa shape index (κ3) is 3.98. The van der Waals surface area contributed by atoms with Crippen molar-refractivity contribution in [2.75, 3.05) is 17.9 Å². The Morgan fingerprint density at radius 1 is 1.12 bits per heavy atom. The fourth-order valence-corrected chi connectivity index (χ4v) is 4.94. The molecule has 0 bridgehead atoms. The number of hydrogen-bond acceptors (Lipinski definition) is 4. The molecule has 0 aliphatic carbocycles. The Kier molecular flexibility index (Phi) is 6.55. The van der Waals surface area contributed by atoms with Crippen LogP contribution in [-0.4, -0.2) is 27.4 Å². The molecule has 0 amide bonds. The lowest BCUT2D eigenvalue weighted by atomic mass is 10.1. The molecule has 1 atom stereocenters. The molecule has 1 unspecified atom stereocenters. The Morgan fingerprint density at radius 3 is 2.42 bits per heavy atom. The summed E-state index contributed by atoms with van der Waals surface area (Å²) in [5.74, 6) is 0.603. The smallest absolute Gasteiger partial charge is 0.277 e. The molecule has 0 radical (unpaired) electrons. The van der Waals surface area contributed by atoms with Gasteiger partial charge in [0.25, 0.3) is 10.0 Å². The number of rotatable bonds is 5. The summed E-state index contributed by atoms with van der Waals surface area (Å²) in [5, 5.41) is 3.05. The van der Waals surface area contributed by atoms with Crippen LogP contribution >= 0.6 is 12.4 Å². The average Bonchev–Trinajstić information content (AvgIpc) is 2.54. The van der Waals surface area contributed by atoms with Crippen LogP contribution in [0.25, 0.3) is 0 Å². The van der Waals surface area contributed by atoms with Crippen LogP contribution in [0.1, 0.15) is 24.0 Å². The molecular formula is C19H25ClN2O3S. The van der Waals surface area contributed by atoms with E-state index in [1.807, 2.05) is 57.3 Å². The second-order valence-corrected chi connectivity index (χ2v) is 8.34. The van der Waals surface area contributed by atoms with E-state index in [4.69, 9.17) is 4.74 Å². The number of para-hydroxylation sites is 2. The Morgan fingerprint density at radius 2 is 1.77 bits per heavy atom. The second-order valence-electron chi connectivity index (χ2n) is 6.42. The number of benzene rings is 2. The first-order valence-electron chi connectivity index (χ1n) is 8.46. The highest BCUT2D eigenvalue weighted by atomic mass is 35.5. The molecular weight excluding hydrogens is 372 g/mol. The molecule has 1 aliphatic rings. The molecule has 0 spiro atoms. The monoisotopic (exact) mass is 396 g/mol. The lowest BCUT2D eigenvalue weighted by molar-refractivity contribution is 0.254. The topological polar surface area (TPSA) is 58.6 Å². The van der Waals surface area contributed by atoms with Gasteiger partial charge < -0.3 is 10.1 Å². The van der Waals surface area contributed by atoms with Crippen molar-refractivity contribution in [3.8, 4) is 5.75 Å². The average molecular weight is 397 g/mol. The zero-order chi connectivity index (χ0) is 18.0. The first-order chi connectivity index (χ1) is 11.9. The minimum atomic E-state index is -3.66. The van der Waals surface area contributed by atoms with Crippen molar-refractivity contribution in [1.29, 1.82) is 0 Å². The quantitative estimate of drug-likeness (QED) is 0.778. The van der Waals surface area contributed by atoms with Gasteiger partial charge in [0, 0.05) is 6.42 Å². The minimum absolute atomic E-state index is 0. The van der Waals surface area contributed by atoms with Crippen molar-refractivity contribution in [1.82, 2.24) is 5.32 Å². The number of nitrogens with zero attached hydrogens (tertiary/aromatic N) is 1. The van der Waals surface area contributed by atoms with Crippen LogP contribution in [0.4, 0.5) is 11.4 Å². The van der Waals surface area contributed by atoms with Gasteiger partial charge in [-0.2, -0.15) is 0 Å². The van der Waals surface area contributed by atoms with E-state index in [1.54, 1.807) is 6.07 Å². The number of anilines is 2. The number of hydrogen-bond donors (Lipinski definition) is 1. The molecule has 3 rings (SSSR count). The summed E-state index contributed by atoms with van der Waals surface area (Å²) in [6.45, 7) is 4.69. The number of ether oxygens (including phenoxy) is 1. The molecule has 2 aromatic carbocycles. The number of aryl methyl sites for hydroxylation is 2. The number of nitrogens with one attached hydrogen (secondary N) is 1. The summed E-state index contributed by atoms with van der Waals surface area (Å²) in [6.07, 6.45) is 1.17. The summed E-state index contributed by atoms with van der Waals surface area (Å²) in [5.41, 5.74) is 2.41. The fraction of sp³-hybridized carbons (Fsp3) is 0.368. The van der Waals surface area contributed by atoms with Gasteiger partial charge in [0.2, 0.25) is 5.44 Å². The van der Waals surface area contributed by atoms with E-state index in [-0.39, 0.29) is 12.4 Å². The maximum Gasteiger partial charge on any atom is 0.277 e. The van der Waals surface area contributed by atoms with Crippen molar-refractivity contribution < 1.29 is 13.2 Å². The highest BCUT2D eigenvalue weighted by Crippen LogP contribution is 2.43. The van der Waals surface area contributed by atoms with E-state index in [9.17, 15) is 8.42 Å². The summed E-state index contributed by atoms with van der Waals surface area (Å²) >= 11 is 0. The SMILES string of the molecule is CNCCCC1Oc2ccccc2N(c2cc(C)cc(C)c2)S1(=O)=O.Cl. The van der Waals surface area contributed by atoms with Crippen molar-refractivity contribution >= 4 is 33.8 Å². The second kappa shape index (κ2) is 8.29. The van der Waals surface area contributed by atoms with Crippen LogP contribution in [0, 0.1) is 13.8 Å². The molecule has 1 heterocycles. The zero-order valence-electron chi connectivity index (χ0n) is 15.2. The highest BCUT2D eigenvalue weighted by Gasteiger charge is 2.40. The molecule has 0 saturated carbocycles. The van der Waals surface area contributed by atoms with Crippen molar-refractivity contribution in [3.63, 3.8) is 0 Å². The standard InChI is InChI=1S/C19H24N2O3S.ClH/c1-14-11-15(2)13-16(12-14)21-17-7-4-5-8-18(17)24-19(25(21,22)23)9-6-10-20-3;/h4-5,7-8,11-13,19-20H,6,9-10H2,1-3H3;1H. The van der Waals surface area contributed by atoms with E-state index < -0.39 is 15.5 Å². The summed E-state index contributed by atoms with van der Waals surface area (Å²) in [4.78, 5) is 0. The van der Waals surface area contributed by atoms with Crippen LogP contribution < -0.4 is 14.4 Å². The first kappa shape index (κ1) is 20.6. The van der Waals surface area contributed by atoms with Gasteiger partial charge in [-0.15, -0.1) is 12.4 Å². The van der Waals surface area contributed by atoms with E-state index in [1.165, 1.54) is 4.31 Å². The van der Waals surface area contributed by atoms with Crippen molar-refractivity contribution in [3.05, 3.63) is 53.6 Å². The third-order valence-corrected chi connectivity index (χ3v) is 6.15. The van der Waals surface area contributed by atoms with E-state index in [2.05, 4.69) is 5.32 Å². The zero-order valence-corrected chi connectivity index (χ0v) is 16.9. The Bertz CT molecular complexity index is 851. The van der Waals surface area contributed by atoms with Gasteiger partial charge in [-0.25, -0.2) is 12.7 Å². The van der Waals surface area contributed by atoms with Gasteiger partial charge in [0.15, 0.2) is 0 Å². The van der Waals surface area contributed by atoms with Crippen molar-refractivity contribution in [2.45, 2.75) is 32.1 Å². The lowest BCUT2D eigenvalue weighted by Crippen LogP contribution is -2.43. The Balaban J connectivity index is 0.00000243. The van der Waals surface area contributed by atoms with Crippen molar-refractivity contribution in [2.24, 2.45) is 0 Å². The molecule has 142 valence electrons. The van der Waals surface area contributed by atoms with Crippen LogP contribution in [-0.2, 0) is 10.0 Å². The summed E-state index contributed by atoms with van der Waals surface area (Å²) in [7, 11) is -1.81. The minimum Gasteiger partial charge on any atom is -0.470 e. The summed E-state index contributed by atoms with van der Waals surface area (Å²) < 4.78 is 33.8. The Labute approximate surface area is 161 Å². The van der Waals surface area contributed by atoms with Gasteiger partial charge >= 0.3 is 0 Å². The molecule has 5 nitrogen and oxygen atoms in total. The molecule has 0 aromatic heterocycles. The lowest BCUT2D eigenvalue weighted by Gasteiger charge is -2.35. The van der Waals surface area contributed by atoms with E-state index in [0.717, 1.165) is 24.1 Å². The van der Waals surface area contributed by atoms with Crippen LogP contribution in [0.2, 0.25) is 0 Å². The number of sulfonamides is 1. The van der Waals surface area contributed by atoms with Gasteiger partial charge in [-0.1, -0.05) is 18.2 Å². The molecule has 7 heteroatoms. The number of fused-ring (bicyclic) bond motifs is 1. The predicted molar refractivity (Wildman–Crippen MR) is 108 cm³/mol. The van der Waals surface area contributed by atoms with Crippen LogP contribution in [0.15, 0.2) is 42.5 Å². The highest BCUT2D eigenvalue weighted by molar-refractivity contribution is 7.93.